The van der Waals surface area contributed by atoms with Gasteiger partial charge in [0.05, 0.1) is 11.8 Å². The van der Waals surface area contributed by atoms with Gasteiger partial charge >= 0.3 is 0 Å². The summed E-state index contributed by atoms with van der Waals surface area (Å²) in [6.45, 7) is 0. The Labute approximate surface area is 57.5 Å². The fourth-order valence-corrected chi connectivity index (χ4v) is 0.907. The molecule has 1 aliphatic carbocycles. The van der Waals surface area contributed by atoms with E-state index in [-0.39, 0.29) is 5.78 Å². The maximum Gasteiger partial charge on any atom is 0.197 e. The van der Waals surface area contributed by atoms with Crippen LogP contribution in [0.4, 0.5) is 0 Å². The molecule has 1 heterocycles. The van der Waals surface area contributed by atoms with E-state index in [0.717, 1.165) is 0 Å². The first-order valence-electron chi connectivity index (χ1n) is 2.92. The third kappa shape index (κ3) is 0.567. The molecule has 48 valence electrons. The van der Waals surface area contributed by atoms with Gasteiger partial charge in [-0.15, -0.1) is 5.73 Å². The molecule has 10 heavy (non-hydrogen) atoms. The standard InChI is InChI=1S/C8H4O2/c9-7-2-1-3-8-6(7)4-5-10-8/h2-5H. The van der Waals surface area contributed by atoms with Crippen molar-refractivity contribution in [3.63, 3.8) is 0 Å². The van der Waals surface area contributed by atoms with Crippen molar-refractivity contribution in [1.82, 2.24) is 0 Å². The highest BCUT2D eigenvalue weighted by Crippen LogP contribution is 2.15. The number of furan rings is 1. The van der Waals surface area contributed by atoms with Crippen molar-refractivity contribution < 1.29 is 9.21 Å². The highest BCUT2D eigenvalue weighted by atomic mass is 16.3. The van der Waals surface area contributed by atoms with Gasteiger partial charge in [-0.1, -0.05) is 0 Å². The third-order valence-electron chi connectivity index (χ3n) is 1.39. The minimum Gasteiger partial charge on any atom is -0.464 e. The number of fused-ring (bicyclic) bond motifs is 1. The summed E-state index contributed by atoms with van der Waals surface area (Å²) in [6.07, 6.45) is 4.55. The van der Waals surface area contributed by atoms with Crippen molar-refractivity contribution in [3.05, 3.63) is 35.5 Å². The third-order valence-corrected chi connectivity index (χ3v) is 1.39. The predicted molar refractivity (Wildman–Crippen MR) is 35.6 cm³/mol. The summed E-state index contributed by atoms with van der Waals surface area (Å²) in [6, 6.07) is 1.66. The van der Waals surface area contributed by atoms with Crippen LogP contribution in [-0.4, -0.2) is 5.78 Å². The smallest absolute Gasteiger partial charge is 0.197 e. The molecule has 1 aromatic rings. The van der Waals surface area contributed by atoms with Crippen molar-refractivity contribution in [3.8, 4) is 0 Å². The molecule has 0 fully saturated rings. The van der Waals surface area contributed by atoms with Gasteiger partial charge in [-0.25, -0.2) is 0 Å². The number of rotatable bonds is 0. The van der Waals surface area contributed by atoms with E-state index in [1.165, 1.54) is 12.3 Å². The second kappa shape index (κ2) is 1.72. The first kappa shape index (κ1) is 5.27. The topological polar surface area (TPSA) is 30.2 Å². The van der Waals surface area contributed by atoms with Crippen LogP contribution in [0, 0.1) is 0 Å². The zero-order valence-corrected chi connectivity index (χ0v) is 5.13. The van der Waals surface area contributed by atoms with E-state index in [1.54, 1.807) is 12.1 Å². The van der Waals surface area contributed by atoms with E-state index in [1.807, 2.05) is 0 Å². The van der Waals surface area contributed by atoms with Gasteiger partial charge in [0.1, 0.15) is 5.76 Å². The summed E-state index contributed by atoms with van der Waals surface area (Å²) < 4.78 is 4.97. The van der Waals surface area contributed by atoms with Crippen molar-refractivity contribution in [2.24, 2.45) is 0 Å². The fourth-order valence-electron chi connectivity index (χ4n) is 0.907. The molecular formula is C8H4O2. The minimum absolute atomic E-state index is 0.0359. The molecular weight excluding hydrogens is 128 g/mol. The first-order chi connectivity index (χ1) is 4.88. The van der Waals surface area contributed by atoms with Crippen LogP contribution in [0.25, 0.3) is 6.08 Å². The highest BCUT2D eigenvalue weighted by molar-refractivity contribution is 6.08. The molecule has 2 heteroatoms. The second-order valence-corrected chi connectivity index (χ2v) is 2.02. The Morgan fingerprint density at radius 1 is 1.40 bits per heavy atom. The molecule has 0 bridgehead atoms. The molecule has 0 N–H and O–H groups in total. The summed E-state index contributed by atoms with van der Waals surface area (Å²) >= 11 is 0. The molecule has 0 saturated carbocycles. The van der Waals surface area contributed by atoms with Gasteiger partial charge in [-0.05, 0) is 6.07 Å². The number of hydrogen-bond acceptors (Lipinski definition) is 2. The Kier molecular flexibility index (Phi) is 0.908. The Morgan fingerprint density at radius 3 is 3.10 bits per heavy atom. The zero-order valence-electron chi connectivity index (χ0n) is 5.13. The van der Waals surface area contributed by atoms with Gasteiger partial charge in [-0.3, -0.25) is 4.79 Å². The van der Waals surface area contributed by atoms with E-state index in [4.69, 9.17) is 4.42 Å². The van der Waals surface area contributed by atoms with Crippen LogP contribution in [-0.2, 0) is 0 Å². The summed E-state index contributed by atoms with van der Waals surface area (Å²) in [5.41, 5.74) is 3.31. The minimum atomic E-state index is -0.0359. The largest absolute Gasteiger partial charge is 0.464 e. The molecule has 0 amide bonds. The fraction of sp³-hybridized carbons (Fsp3) is 0. The molecule has 2 nitrogen and oxygen atoms in total. The van der Waals surface area contributed by atoms with Crippen molar-refractivity contribution >= 4 is 11.9 Å². The predicted octanol–water partition coefficient (Wildman–Crippen LogP) is 1.64. The molecule has 0 aliphatic heterocycles. The average molecular weight is 132 g/mol. The summed E-state index contributed by atoms with van der Waals surface area (Å²) in [4.78, 5) is 10.9. The highest BCUT2D eigenvalue weighted by Gasteiger charge is 2.11. The maximum atomic E-state index is 10.9. The average Bonchev–Trinajstić information content (AvgIpc) is 2.36. The molecule has 1 aromatic heterocycles. The van der Waals surface area contributed by atoms with Gasteiger partial charge in [-0.2, -0.15) is 0 Å². The van der Waals surface area contributed by atoms with Gasteiger partial charge in [0, 0.05) is 12.2 Å². The van der Waals surface area contributed by atoms with Crippen LogP contribution in [0.15, 0.2) is 28.6 Å². The van der Waals surface area contributed by atoms with Crippen molar-refractivity contribution in [2.75, 3.05) is 0 Å². The van der Waals surface area contributed by atoms with Gasteiger partial charge in [0.25, 0.3) is 0 Å². The lowest BCUT2D eigenvalue weighted by Gasteiger charge is -1.93. The number of allylic oxidation sites excluding steroid dienone is 1. The normalized spacial score (nSPS) is 13.8. The van der Waals surface area contributed by atoms with Crippen LogP contribution in [0.2, 0.25) is 0 Å². The van der Waals surface area contributed by atoms with Crippen molar-refractivity contribution in [2.45, 2.75) is 0 Å². The molecule has 0 atom stereocenters. The lowest BCUT2D eigenvalue weighted by Crippen LogP contribution is -1.95. The molecule has 0 saturated heterocycles. The van der Waals surface area contributed by atoms with Crippen molar-refractivity contribution in [1.29, 1.82) is 0 Å². The lowest BCUT2D eigenvalue weighted by atomic mass is 10.1. The SMILES string of the molecule is O=C1C=C=Cc2occc21. The molecule has 0 unspecified atom stereocenters. The molecule has 0 spiro atoms. The summed E-state index contributed by atoms with van der Waals surface area (Å²) in [7, 11) is 0. The van der Waals surface area contributed by atoms with E-state index in [2.05, 4.69) is 5.73 Å². The molecule has 2 rings (SSSR count). The monoisotopic (exact) mass is 132 g/mol. The van der Waals surface area contributed by atoms with E-state index < -0.39 is 0 Å². The Morgan fingerprint density at radius 2 is 2.30 bits per heavy atom. The second-order valence-electron chi connectivity index (χ2n) is 2.02. The van der Waals surface area contributed by atoms with Crippen LogP contribution < -0.4 is 0 Å². The lowest BCUT2D eigenvalue weighted by molar-refractivity contribution is 0.104. The van der Waals surface area contributed by atoms with Crippen LogP contribution in [0.1, 0.15) is 16.1 Å². The number of hydrogen-bond donors (Lipinski definition) is 0. The Balaban J connectivity index is 2.75. The Bertz CT molecular complexity index is 327. The first-order valence-corrected chi connectivity index (χ1v) is 2.92. The maximum absolute atomic E-state index is 10.9. The van der Waals surface area contributed by atoms with E-state index in [9.17, 15) is 4.79 Å². The number of ketones is 1. The number of carbonyl (C=O) groups is 1. The van der Waals surface area contributed by atoms with Crippen LogP contribution >= 0.6 is 0 Å². The molecule has 0 aromatic carbocycles. The zero-order chi connectivity index (χ0) is 6.97. The summed E-state index contributed by atoms with van der Waals surface area (Å²) in [5.74, 6) is 0.568. The van der Waals surface area contributed by atoms with Gasteiger partial charge in [0.2, 0.25) is 0 Å². The quantitative estimate of drug-likeness (QED) is 0.502. The van der Waals surface area contributed by atoms with E-state index in [0.29, 0.717) is 11.3 Å². The number of carbonyl (C=O) groups excluding carboxylic acids is 1. The Hall–Kier alpha value is -1.53. The van der Waals surface area contributed by atoms with E-state index >= 15 is 0 Å². The summed E-state index contributed by atoms with van der Waals surface area (Å²) in [5, 5.41) is 0. The molecule has 1 aliphatic rings. The van der Waals surface area contributed by atoms with Gasteiger partial charge in [0.15, 0.2) is 5.78 Å². The molecule has 0 radical (unpaired) electrons. The van der Waals surface area contributed by atoms with Crippen LogP contribution in [0.3, 0.4) is 0 Å². The van der Waals surface area contributed by atoms with Crippen LogP contribution in [0.5, 0.6) is 0 Å². The van der Waals surface area contributed by atoms with Gasteiger partial charge < -0.3 is 4.42 Å².